The van der Waals surface area contributed by atoms with Gasteiger partial charge in [-0.2, -0.15) is 0 Å². The van der Waals surface area contributed by atoms with Gasteiger partial charge in [-0.3, -0.25) is 0 Å². The Hall–Kier alpha value is -13.1. The zero-order chi connectivity index (χ0) is 66.5. The van der Waals surface area contributed by atoms with Crippen molar-refractivity contribution in [3.8, 4) is 44.5 Å². The normalized spacial score (nSPS) is 12.4. The highest BCUT2D eigenvalue weighted by molar-refractivity contribution is 6.15. The fourth-order valence-corrected chi connectivity index (χ4v) is 17.0. The molecule has 0 heterocycles. The van der Waals surface area contributed by atoms with Gasteiger partial charge >= 0.3 is 0 Å². The highest BCUT2D eigenvalue weighted by atomic mass is 15.1. The number of nitrogens with zero attached hydrogens (tertiary/aromatic N) is 2. The van der Waals surface area contributed by atoms with Gasteiger partial charge in [-0.1, -0.05) is 309 Å². The summed E-state index contributed by atoms with van der Waals surface area (Å²) in [5, 5.41) is 19.6. The molecule has 0 aliphatic heterocycles. The minimum atomic E-state index is -0.501. The van der Waals surface area contributed by atoms with Crippen molar-refractivity contribution in [3.05, 3.63) is 411 Å². The van der Waals surface area contributed by atoms with Gasteiger partial charge in [-0.05, 0) is 226 Å². The first-order chi connectivity index (χ1) is 50.1. The maximum atomic E-state index is 2.47. The van der Waals surface area contributed by atoms with Crippen molar-refractivity contribution in [2.75, 3.05) is 9.80 Å². The van der Waals surface area contributed by atoms with Crippen LogP contribution in [0.5, 0.6) is 0 Å². The van der Waals surface area contributed by atoms with E-state index >= 15 is 0 Å². The first kappa shape index (κ1) is 58.0. The van der Waals surface area contributed by atoms with E-state index in [9.17, 15) is 0 Å². The van der Waals surface area contributed by atoms with Crippen molar-refractivity contribution in [3.63, 3.8) is 0 Å². The molecule has 101 heavy (non-hydrogen) atoms. The third-order valence-corrected chi connectivity index (χ3v) is 21.6. The van der Waals surface area contributed by atoms with E-state index in [2.05, 4.69) is 398 Å². The lowest BCUT2D eigenvalue weighted by molar-refractivity contribution is 0.768. The fraction of sp³-hybridized carbons (Fsp3) is 0.0101. The minimum absolute atomic E-state index is 0.501. The van der Waals surface area contributed by atoms with E-state index in [0.717, 1.165) is 56.4 Å². The third kappa shape index (κ3) is 9.48. The first-order valence-corrected chi connectivity index (χ1v) is 35.0. The Balaban J connectivity index is 0.701. The summed E-state index contributed by atoms with van der Waals surface area (Å²) >= 11 is 0. The molecule has 0 atom stereocenters. The van der Waals surface area contributed by atoms with Gasteiger partial charge in [-0.25, -0.2) is 0 Å². The van der Waals surface area contributed by atoms with E-state index in [1.54, 1.807) is 0 Å². The molecule has 20 rings (SSSR count). The molecule has 470 valence electrons. The highest BCUT2D eigenvalue weighted by Crippen LogP contribution is 2.58. The van der Waals surface area contributed by atoms with Crippen LogP contribution in [0.1, 0.15) is 22.3 Å². The lowest BCUT2D eigenvalue weighted by atomic mass is 9.68. The number of anilines is 6. The molecular weight excluding hydrogens is 1220 g/mol. The maximum Gasteiger partial charge on any atom is 0.0713 e. The summed E-state index contributed by atoms with van der Waals surface area (Å²) in [6, 6.07) is 145. The van der Waals surface area contributed by atoms with E-state index in [1.807, 2.05) is 0 Å². The van der Waals surface area contributed by atoms with E-state index in [4.69, 9.17) is 0 Å². The summed E-state index contributed by atoms with van der Waals surface area (Å²) < 4.78 is 0. The van der Waals surface area contributed by atoms with Crippen molar-refractivity contribution in [2.45, 2.75) is 5.41 Å². The number of rotatable bonds is 11. The van der Waals surface area contributed by atoms with Crippen LogP contribution in [0.25, 0.3) is 131 Å². The Kier molecular flexibility index (Phi) is 13.5. The van der Waals surface area contributed by atoms with Gasteiger partial charge in [0.1, 0.15) is 0 Å². The number of benzene rings is 19. The first-order valence-electron chi connectivity index (χ1n) is 35.0. The second kappa shape index (κ2) is 23.6. The predicted octanol–water partition coefficient (Wildman–Crippen LogP) is 27.2. The molecular formula is C99H64N2. The number of hydrogen-bond acceptors (Lipinski definition) is 2. The summed E-state index contributed by atoms with van der Waals surface area (Å²) in [6.45, 7) is 0. The minimum Gasteiger partial charge on any atom is -0.310 e. The van der Waals surface area contributed by atoms with Crippen molar-refractivity contribution in [1.29, 1.82) is 0 Å². The lowest BCUT2D eigenvalue weighted by Crippen LogP contribution is -2.28. The molecule has 0 fully saturated rings. The molecule has 0 aromatic heterocycles. The van der Waals surface area contributed by atoms with Crippen LogP contribution in [-0.2, 0) is 5.41 Å². The molecule has 0 radical (unpaired) electrons. The summed E-state index contributed by atoms with van der Waals surface area (Å²) in [5.74, 6) is 0. The Morgan fingerprint density at radius 3 is 1.12 bits per heavy atom. The molecule has 1 aliphatic carbocycles. The molecule has 19 aromatic rings. The largest absolute Gasteiger partial charge is 0.310 e. The van der Waals surface area contributed by atoms with Crippen LogP contribution in [0.15, 0.2) is 388 Å². The van der Waals surface area contributed by atoms with E-state index in [0.29, 0.717) is 0 Å². The Bertz CT molecular complexity index is 6370. The topological polar surface area (TPSA) is 6.48 Å². The molecule has 19 aromatic carbocycles. The molecule has 2 heteroatoms. The van der Waals surface area contributed by atoms with Crippen LogP contribution < -0.4 is 9.80 Å². The van der Waals surface area contributed by atoms with Gasteiger partial charge in [0.15, 0.2) is 0 Å². The van der Waals surface area contributed by atoms with Crippen LogP contribution in [-0.4, -0.2) is 0 Å². The second-order valence-corrected chi connectivity index (χ2v) is 27.1. The summed E-state index contributed by atoms with van der Waals surface area (Å²) in [6.07, 6.45) is 0. The zero-order valence-electron chi connectivity index (χ0n) is 55.3. The van der Waals surface area contributed by atoms with E-state index in [1.165, 1.54) is 131 Å². The van der Waals surface area contributed by atoms with Crippen molar-refractivity contribution in [2.24, 2.45) is 0 Å². The molecule has 0 N–H and O–H groups in total. The standard InChI is InChI=1S/C99H64N2/c1-4-20-65(21-5-1)94-63-70(45-57-98(94)101(80-48-53-88-73(61-80)42-39-67-23-11-14-32-84(67)88)81-49-54-89-74(62-81)43-40-68-24-12-15-33-85(68)89)69-25-18-26-71(58-69)86-35-19-36-91-90-55-47-79(60-75(90)44-51-92(86)91)100(78-46-52-87-72(59-78)41-38-66-22-10-13-31-83(66)87)82-50-56-97-95(64-82)93-34-16-17-37-96(93)99(97,76-27-6-2-7-28-76)77-29-8-3-9-30-77/h1-64H. The Labute approximate surface area is 586 Å². The average molecular weight is 1280 g/mol. The van der Waals surface area contributed by atoms with Crippen LogP contribution in [0.2, 0.25) is 0 Å². The van der Waals surface area contributed by atoms with Crippen LogP contribution in [0, 0.1) is 0 Å². The average Bonchev–Trinajstić information content (AvgIpc) is 1.55. The van der Waals surface area contributed by atoms with Crippen molar-refractivity contribution < 1.29 is 0 Å². The quantitative estimate of drug-likeness (QED) is 0.119. The number of hydrogen-bond donors (Lipinski definition) is 0. The van der Waals surface area contributed by atoms with Crippen molar-refractivity contribution >= 4 is 120 Å². The molecule has 2 nitrogen and oxygen atoms in total. The third-order valence-electron chi connectivity index (χ3n) is 21.6. The second-order valence-electron chi connectivity index (χ2n) is 27.1. The summed E-state index contributed by atoms with van der Waals surface area (Å²) in [7, 11) is 0. The van der Waals surface area contributed by atoms with Gasteiger partial charge in [0.05, 0.1) is 11.1 Å². The highest BCUT2D eigenvalue weighted by Gasteiger charge is 2.46. The van der Waals surface area contributed by atoms with E-state index in [-0.39, 0.29) is 0 Å². The zero-order valence-corrected chi connectivity index (χ0v) is 55.3. The van der Waals surface area contributed by atoms with Crippen LogP contribution in [0.4, 0.5) is 34.1 Å². The molecule has 0 bridgehead atoms. The molecule has 0 amide bonds. The molecule has 0 saturated carbocycles. The van der Waals surface area contributed by atoms with Gasteiger partial charge in [-0.15, -0.1) is 0 Å². The Morgan fingerprint density at radius 1 is 0.168 bits per heavy atom. The van der Waals surface area contributed by atoms with Crippen LogP contribution in [0.3, 0.4) is 0 Å². The maximum absolute atomic E-state index is 2.47. The molecule has 0 spiro atoms. The van der Waals surface area contributed by atoms with Gasteiger partial charge in [0.2, 0.25) is 0 Å². The van der Waals surface area contributed by atoms with E-state index < -0.39 is 5.41 Å². The van der Waals surface area contributed by atoms with Crippen LogP contribution >= 0.6 is 0 Å². The predicted molar refractivity (Wildman–Crippen MR) is 429 cm³/mol. The monoisotopic (exact) mass is 1280 g/mol. The summed E-state index contributed by atoms with van der Waals surface area (Å²) in [5.41, 5.74) is 20.6. The molecule has 0 unspecified atom stereocenters. The smallest absolute Gasteiger partial charge is 0.0713 e. The van der Waals surface area contributed by atoms with Gasteiger partial charge < -0.3 is 9.80 Å². The SMILES string of the molecule is c1ccc(-c2cc(-c3cccc(-c4cccc5c4ccc4cc(N(c6ccc7c(c6)-c6ccccc6C7(c6ccccc6)c6ccccc6)c6ccc7c(ccc8ccccc87)c6)ccc45)c3)ccc2N(c2ccc3c(ccc4ccccc43)c2)c2ccc3c(ccc4ccccc43)c2)cc1. The Morgan fingerprint density at radius 2 is 0.545 bits per heavy atom. The van der Waals surface area contributed by atoms with Gasteiger partial charge in [0, 0.05) is 34.0 Å². The lowest BCUT2D eigenvalue weighted by Gasteiger charge is -2.34. The molecule has 1 aliphatic rings. The van der Waals surface area contributed by atoms with Crippen molar-refractivity contribution in [1.82, 2.24) is 0 Å². The van der Waals surface area contributed by atoms with Gasteiger partial charge in [0.25, 0.3) is 0 Å². The fourth-order valence-electron chi connectivity index (χ4n) is 17.0. The molecule has 0 saturated heterocycles. The summed E-state index contributed by atoms with van der Waals surface area (Å²) in [4.78, 5) is 4.93. The number of fused-ring (bicyclic) bond motifs is 15.